The Hall–Kier alpha value is -2.50. The fourth-order valence-corrected chi connectivity index (χ4v) is 2.18. The number of nitrogens with two attached hydrogens (primary N) is 1. The Morgan fingerprint density at radius 1 is 1.25 bits per heavy atom. The van der Waals surface area contributed by atoms with E-state index in [1.54, 1.807) is 24.3 Å². The van der Waals surface area contributed by atoms with Crippen molar-refractivity contribution < 1.29 is 23.8 Å². The molecule has 1 aliphatic rings. The fraction of sp³-hybridized carbons (Fsp3) is 0.286. The third-order valence-corrected chi connectivity index (χ3v) is 3.13. The van der Waals surface area contributed by atoms with Crippen LogP contribution in [0.4, 0.5) is 0 Å². The molecule has 1 atom stereocenters. The molecule has 0 bridgehead atoms. The summed E-state index contributed by atoms with van der Waals surface area (Å²) in [6, 6.07) is 7.08. The molecule has 106 valence electrons. The van der Waals surface area contributed by atoms with E-state index in [4.69, 9.17) is 15.2 Å². The van der Waals surface area contributed by atoms with Crippen molar-refractivity contribution in [1.82, 2.24) is 0 Å². The van der Waals surface area contributed by atoms with Gasteiger partial charge in [-0.05, 0) is 6.07 Å². The zero-order chi connectivity index (χ0) is 14.7. The van der Waals surface area contributed by atoms with Crippen molar-refractivity contribution in [2.75, 3.05) is 14.2 Å². The molecule has 0 saturated heterocycles. The highest BCUT2D eigenvalue weighted by Crippen LogP contribution is 2.40. The summed E-state index contributed by atoms with van der Waals surface area (Å²) in [4.78, 5) is 23.4. The molecule has 0 amide bonds. The van der Waals surface area contributed by atoms with Crippen LogP contribution in [0.1, 0.15) is 17.9 Å². The van der Waals surface area contributed by atoms with Crippen LogP contribution in [0.5, 0.6) is 5.75 Å². The average Bonchev–Trinajstić information content (AvgIpc) is 2.46. The molecule has 0 spiro atoms. The van der Waals surface area contributed by atoms with E-state index >= 15 is 0 Å². The lowest BCUT2D eigenvalue weighted by molar-refractivity contribution is -0.141. The van der Waals surface area contributed by atoms with Crippen molar-refractivity contribution in [2.45, 2.75) is 12.3 Å². The summed E-state index contributed by atoms with van der Waals surface area (Å²) in [5.74, 6) is -1.14. The summed E-state index contributed by atoms with van der Waals surface area (Å²) in [7, 11) is 2.54. The lowest BCUT2D eigenvalue weighted by Crippen LogP contribution is -2.27. The first-order valence-corrected chi connectivity index (χ1v) is 6.00. The summed E-state index contributed by atoms with van der Waals surface area (Å²) in [6.45, 7) is 0. The quantitative estimate of drug-likeness (QED) is 0.831. The van der Waals surface area contributed by atoms with Crippen molar-refractivity contribution >= 4 is 11.9 Å². The SMILES string of the molecule is COC(=O)CC1C(C(=O)OC)=C(N)Oc2ccccc21. The van der Waals surface area contributed by atoms with E-state index in [2.05, 4.69) is 4.74 Å². The maximum absolute atomic E-state index is 11.9. The predicted octanol–water partition coefficient (Wildman–Crippen LogP) is 1.07. The van der Waals surface area contributed by atoms with E-state index in [-0.39, 0.29) is 17.9 Å². The van der Waals surface area contributed by atoms with Crippen LogP contribution in [0.15, 0.2) is 35.7 Å². The maximum atomic E-state index is 11.9. The Kier molecular flexibility index (Phi) is 3.93. The Balaban J connectivity index is 2.48. The molecule has 1 aliphatic heterocycles. The van der Waals surface area contributed by atoms with Crippen LogP contribution < -0.4 is 10.5 Å². The predicted molar refractivity (Wildman–Crippen MR) is 69.7 cm³/mol. The van der Waals surface area contributed by atoms with Gasteiger partial charge in [0.05, 0.1) is 20.6 Å². The Morgan fingerprint density at radius 3 is 2.60 bits per heavy atom. The van der Waals surface area contributed by atoms with Gasteiger partial charge in [-0.25, -0.2) is 4.79 Å². The van der Waals surface area contributed by atoms with Gasteiger partial charge in [-0.2, -0.15) is 0 Å². The fourth-order valence-electron chi connectivity index (χ4n) is 2.18. The van der Waals surface area contributed by atoms with Gasteiger partial charge in [-0.15, -0.1) is 0 Å². The number of methoxy groups -OCH3 is 2. The lowest BCUT2D eigenvalue weighted by atomic mass is 9.86. The summed E-state index contributed by atoms with van der Waals surface area (Å²) in [5.41, 5.74) is 6.62. The van der Waals surface area contributed by atoms with Crippen molar-refractivity contribution in [3.05, 3.63) is 41.3 Å². The number of fused-ring (bicyclic) bond motifs is 1. The molecule has 6 heteroatoms. The van der Waals surface area contributed by atoms with Crippen LogP contribution in [0.2, 0.25) is 0 Å². The van der Waals surface area contributed by atoms with Gasteiger partial charge >= 0.3 is 11.9 Å². The van der Waals surface area contributed by atoms with E-state index in [9.17, 15) is 9.59 Å². The van der Waals surface area contributed by atoms with Crippen LogP contribution in [0, 0.1) is 0 Å². The van der Waals surface area contributed by atoms with E-state index in [1.165, 1.54) is 14.2 Å². The van der Waals surface area contributed by atoms with E-state index in [1.807, 2.05) is 0 Å². The molecule has 1 heterocycles. The van der Waals surface area contributed by atoms with Gasteiger partial charge in [0.25, 0.3) is 0 Å². The normalized spacial score (nSPS) is 17.0. The molecule has 0 aliphatic carbocycles. The van der Waals surface area contributed by atoms with Gasteiger partial charge in [-0.1, -0.05) is 18.2 Å². The molecule has 2 rings (SSSR count). The van der Waals surface area contributed by atoms with Crippen molar-refractivity contribution in [2.24, 2.45) is 5.73 Å². The minimum absolute atomic E-state index is 0.0119. The monoisotopic (exact) mass is 277 g/mol. The van der Waals surface area contributed by atoms with Crippen LogP contribution in [-0.2, 0) is 19.1 Å². The number of esters is 2. The van der Waals surface area contributed by atoms with Crippen molar-refractivity contribution in [1.29, 1.82) is 0 Å². The van der Waals surface area contributed by atoms with Gasteiger partial charge in [0.15, 0.2) is 0 Å². The number of rotatable bonds is 3. The van der Waals surface area contributed by atoms with Crippen LogP contribution in [0.25, 0.3) is 0 Å². The van der Waals surface area contributed by atoms with Gasteiger partial charge < -0.3 is 19.9 Å². The third-order valence-electron chi connectivity index (χ3n) is 3.13. The highest BCUT2D eigenvalue weighted by atomic mass is 16.5. The Labute approximate surface area is 116 Å². The summed E-state index contributed by atoms with van der Waals surface area (Å²) in [6.07, 6.45) is -0.0119. The number of carbonyl (C=O) groups is 2. The molecular weight excluding hydrogens is 262 g/mol. The minimum atomic E-state index is -0.620. The molecule has 1 unspecified atom stereocenters. The third kappa shape index (κ3) is 2.45. The summed E-state index contributed by atoms with van der Waals surface area (Å²) in [5, 5.41) is 0. The molecule has 6 nitrogen and oxygen atoms in total. The second-order valence-corrected chi connectivity index (χ2v) is 4.24. The highest BCUT2D eigenvalue weighted by Gasteiger charge is 2.35. The number of benzene rings is 1. The largest absolute Gasteiger partial charge is 0.469 e. The summed E-state index contributed by atoms with van der Waals surface area (Å²) < 4.78 is 14.8. The molecule has 0 aromatic heterocycles. The van der Waals surface area contributed by atoms with E-state index < -0.39 is 17.9 Å². The first-order chi connectivity index (χ1) is 9.58. The molecule has 0 fully saturated rings. The number of hydrogen-bond donors (Lipinski definition) is 1. The van der Waals surface area contributed by atoms with E-state index in [0.29, 0.717) is 11.3 Å². The molecule has 1 aromatic rings. The molecule has 0 radical (unpaired) electrons. The molecule has 0 saturated carbocycles. The van der Waals surface area contributed by atoms with Crippen LogP contribution >= 0.6 is 0 Å². The molecule has 1 aromatic carbocycles. The molecular formula is C14H15NO5. The van der Waals surface area contributed by atoms with Gasteiger partial charge in [0, 0.05) is 11.5 Å². The molecule has 20 heavy (non-hydrogen) atoms. The zero-order valence-corrected chi connectivity index (χ0v) is 11.2. The second-order valence-electron chi connectivity index (χ2n) is 4.24. The van der Waals surface area contributed by atoms with Crippen molar-refractivity contribution in [3.8, 4) is 5.75 Å². The highest BCUT2D eigenvalue weighted by molar-refractivity contribution is 5.92. The zero-order valence-electron chi connectivity index (χ0n) is 11.2. The first-order valence-electron chi connectivity index (χ1n) is 6.00. The summed E-state index contributed by atoms with van der Waals surface area (Å²) >= 11 is 0. The van der Waals surface area contributed by atoms with E-state index in [0.717, 1.165) is 0 Å². The van der Waals surface area contributed by atoms with Crippen LogP contribution in [0.3, 0.4) is 0 Å². The van der Waals surface area contributed by atoms with Gasteiger partial charge in [0.2, 0.25) is 5.88 Å². The lowest BCUT2D eigenvalue weighted by Gasteiger charge is -2.27. The Bertz CT molecular complexity index is 579. The molecule has 2 N–H and O–H groups in total. The number of carbonyl (C=O) groups excluding carboxylic acids is 2. The van der Waals surface area contributed by atoms with Gasteiger partial charge in [-0.3, -0.25) is 4.79 Å². The first kappa shape index (κ1) is 13.9. The topological polar surface area (TPSA) is 87.9 Å². The minimum Gasteiger partial charge on any atom is -0.469 e. The van der Waals surface area contributed by atoms with Crippen molar-refractivity contribution in [3.63, 3.8) is 0 Å². The second kappa shape index (κ2) is 5.64. The number of para-hydroxylation sites is 1. The average molecular weight is 277 g/mol. The number of hydrogen-bond acceptors (Lipinski definition) is 6. The number of ether oxygens (including phenoxy) is 3. The van der Waals surface area contributed by atoms with Gasteiger partial charge in [0.1, 0.15) is 11.3 Å². The van der Waals surface area contributed by atoms with Crippen LogP contribution in [-0.4, -0.2) is 26.2 Å². The standard InChI is InChI=1S/C14H15NO5/c1-18-11(16)7-9-8-5-3-4-6-10(8)20-13(15)12(9)14(17)19-2/h3-6,9H,7,15H2,1-2H3. The Morgan fingerprint density at radius 2 is 1.95 bits per heavy atom. The maximum Gasteiger partial charge on any atom is 0.339 e. The smallest absolute Gasteiger partial charge is 0.339 e.